The van der Waals surface area contributed by atoms with E-state index in [2.05, 4.69) is 5.32 Å². The summed E-state index contributed by atoms with van der Waals surface area (Å²) in [7, 11) is 0. The van der Waals surface area contributed by atoms with Crippen molar-refractivity contribution in [1.82, 2.24) is 5.32 Å². The minimum absolute atomic E-state index is 0.264. The fourth-order valence-corrected chi connectivity index (χ4v) is 3.38. The molecule has 1 aliphatic heterocycles. The zero-order valence-corrected chi connectivity index (χ0v) is 11.6. The number of nitrogens with one attached hydrogen (secondary N) is 1. The van der Waals surface area contributed by atoms with Crippen molar-refractivity contribution in [2.75, 3.05) is 18.1 Å². The Labute approximate surface area is 116 Å². The fourth-order valence-electron chi connectivity index (χ4n) is 1.91. The van der Waals surface area contributed by atoms with E-state index in [1.54, 1.807) is 11.8 Å². The van der Waals surface area contributed by atoms with Crippen LogP contribution in [-0.2, 0) is 11.2 Å². The lowest BCUT2D eigenvalue weighted by atomic mass is 10.0. The zero-order chi connectivity index (χ0) is 13.0. The number of hydrogen-bond acceptors (Lipinski definition) is 3. The zero-order valence-electron chi connectivity index (χ0n) is 9.99. The number of thioether (sulfide) groups is 1. The van der Waals surface area contributed by atoms with Gasteiger partial charge in [-0.1, -0.05) is 29.8 Å². The minimum atomic E-state index is -1.18. The number of halogens is 1. The largest absolute Gasteiger partial charge is 0.379 e. The molecule has 5 heteroatoms. The van der Waals surface area contributed by atoms with Gasteiger partial charge in [0.25, 0.3) is 5.91 Å². The summed E-state index contributed by atoms with van der Waals surface area (Å²) in [4.78, 5) is 11.8. The lowest BCUT2D eigenvalue weighted by Crippen LogP contribution is -2.47. The first kappa shape index (κ1) is 13.7. The fraction of sp³-hybridized carbons (Fsp3) is 0.462. The Morgan fingerprint density at radius 1 is 1.50 bits per heavy atom. The number of rotatable bonds is 4. The molecule has 0 aromatic heterocycles. The van der Waals surface area contributed by atoms with Crippen LogP contribution in [0.15, 0.2) is 24.3 Å². The highest BCUT2D eigenvalue weighted by molar-refractivity contribution is 7.99. The van der Waals surface area contributed by atoms with E-state index >= 15 is 0 Å². The topological polar surface area (TPSA) is 49.3 Å². The molecule has 1 amide bonds. The van der Waals surface area contributed by atoms with Gasteiger partial charge in [0.1, 0.15) is 0 Å². The Balaban J connectivity index is 1.82. The highest BCUT2D eigenvalue weighted by Crippen LogP contribution is 2.27. The average Bonchev–Trinajstić information content (AvgIpc) is 2.80. The van der Waals surface area contributed by atoms with E-state index in [-0.39, 0.29) is 5.91 Å². The molecule has 98 valence electrons. The third-order valence-electron chi connectivity index (χ3n) is 3.06. The molecule has 1 heterocycles. The minimum Gasteiger partial charge on any atom is -0.379 e. The maximum absolute atomic E-state index is 11.8. The van der Waals surface area contributed by atoms with Crippen LogP contribution in [0.4, 0.5) is 0 Å². The third kappa shape index (κ3) is 3.19. The lowest BCUT2D eigenvalue weighted by molar-refractivity contribution is -0.137. The van der Waals surface area contributed by atoms with Crippen LogP contribution >= 0.6 is 23.4 Å². The van der Waals surface area contributed by atoms with Gasteiger partial charge in [-0.3, -0.25) is 4.79 Å². The van der Waals surface area contributed by atoms with Gasteiger partial charge in [0, 0.05) is 17.3 Å². The molecule has 3 nitrogen and oxygen atoms in total. The van der Waals surface area contributed by atoms with Crippen LogP contribution in [0.3, 0.4) is 0 Å². The molecule has 1 saturated heterocycles. The second-order valence-corrected chi connectivity index (χ2v) is 5.94. The van der Waals surface area contributed by atoms with Crippen molar-refractivity contribution in [2.24, 2.45) is 0 Å². The van der Waals surface area contributed by atoms with Gasteiger partial charge in [0.15, 0.2) is 5.60 Å². The van der Waals surface area contributed by atoms with Crippen molar-refractivity contribution in [1.29, 1.82) is 0 Å². The van der Waals surface area contributed by atoms with Crippen molar-refractivity contribution in [3.05, 3.63) is 34.9 Å². The van der Waals surface area contributed by atoms with E-state index in [1.807, 2.05) is 24.3 Å². The van der Waals surface area contributed by atoms with Gasteiger partial charge in [0.05, 0.1) is 0 Å². The van der Waals surface area contributed by atoms with Crippen LogP contribution in [0.1, 0.15) is 12.0 Å². The lowest BCUT2D eigenvalue weighted by Gasteiger charge is -2.20. The van der Waals surface area contributed by atoms with Gasteiger partial charge in [-0.15, -0.1) is 0 Å². The highest BCUT2D eigenvalue weighted by atomic mass is 35.5. The Morgan fingerprint density at radius 3 is 2.94 bits per heavy atom. The van der Waals surface area contributed by atoms with Gasteiger partial charge in [-0.25, -0.2) is 0 Å². The molecular weight excluding hydrogens is 270 g/mol. The Hall–Kier alpha value is -0.710. The van der Waals surface area contributed by atoms with E-state index < -0.39 is 5.60 Å². The Bertz CT molecular complexity index is 433. The summed E-state index contributed by atoms with van der Waals surface area (Å²) in [6.45, 7) is 0.496. The monoisotopic (exact) mass is 285 g/mol. The van der Waals surface area contributed by atoms with Crippen LogP contribution in [0.5, 0.6) is 0 Å². The summed E-state index contributed by atoms with van der Waals surface area (Å²) >= 11 is 7.64. The SMILES string of the molecule is O=C(NCCc1ccccc1Cl)C1(O)CCSC1. The molecule has 2 N–H and O–H groups in total. The first-order chi connectivity index (χ1) is 8.62. The third-order valence-corrected chi connectivity index (χ3v) is 4.60. The molecule has 0 bridgehead atoms. The molecule has 0 saturated carbocycles. The summed E-state index contributed by atoms with van der Waals surface area (Å²) in [6.07, 6.45) is 1.21. The second kappa shape index (κ2) is 5.95. The van der Waals surface area contributed by atoms with Gasteiger partial charge in [0.2, 0.25) is 0 Å². The Kier molecular flexibility index (Phi) is 4.54. The van der Waals surface area contributed by atoms with E-state index in [4.69, 9.17) is 11.6 Å². The van der Waals surface area contributed by atoms with E-state index in [1.165, 1.54) is 0 Å². The van der Waals surface area contributed by atoms with Crippen molar-refractivity contribution in [3.63, 3.8) is 0 Å². The van der Waals surface area contributed by atoms with E-state index in [9.17, 15) is 9.90 Å². The highest BCUT2D eigenvalue weighted by Gasteiger charge is 2.39. The summed E-state index contributed by atoms with van der Waals surface area (Å²) in [5.41, 5.74) is -0.169. The molecule has 1 fully saturated rings. The van der Waals surface area contributed by atoms with Gasteiger partial charge in [-0.2, -0.15) is 11.8 Å². The molecule has 0 spiro atoms. The molecule has 1 aromatic carbocycles. The molecule has 2 rings (SSSR count). The summed E-state index contributed by atoms with van der Waals surface area (Å²) in [6, 6.07) is 7.57. The predicted molar refractivity (Wildman–Crippen MR) is 75.1 cm³/mol. The Morgan fingerprint density at radius 2 is 2.28 bits per heavy atom. The van der Waals surface area contributed by atoms with E-state index in [0.29, 0.717) is 30.2 Å². The van der Waals surface area contributed by atoms with Crippen LogP contribution in [0.25, 0.3) is 0 Å². The maximum Gasteiger partial charge on any atom is 0.252 e. The average molecular weight is 286 g/mol. The number of amides is 1. The number of benzene rings is 1. The quantitative estimate of drug-likeness (QED) is 0.888. The smallest absolute Gasteiger partial charge is 0.252 e. The molecule has 1 unspecified atom stereocenters. The normalized spacial score (nSPS) is 23.0. The van der Waals surface area contributed by atoms with Crippen molar-refractivity contribution in [3.8, 4) is 0 Å². The van der Waals surface area contributed by atoms with Crippen molar-refractivity contribution >= 4 is 29.3 Å². The molecule has 1 aromatic rings. The van der Waals surface area contributed by atoms with Crippen molar-refractivity contribution in [2.45, 2.75) is 18.4 Å². The maximum atomic E-state index is 11.8. The summed E-state index contributed by atoms with van der Waals surface area (Å²) < 4.78 is 0. The standard InChI is InChI=1S/C13H16ClNO2S/c14-11-4-2-1-3-10(11)5-7-15-12(16)13(17)6-8-18-9-13/h1-4,17H,5-9H2,(H,15,16). The first-order valence-corrected chi connectivity index (χ1v) is 7.47. The van der Waals surface area contributed by atoms with Gasteiger partial charge in [-0.05, 0) is 30.2 Å². The van der Waals surface area contributed by atoms with E-state index in [0.717, 1.165) is 11.3 Å². The molecular formula is C13H16ClNO2S. The first-order valence-electron chi connectivity index (χ1n) is 5.94. The summed E-state index contributed by atoms with van der Waals surface area (Å²) in [5, 5.41) is 13.5. The van der Waals surface area contributed by atoms with Gasteiger partial charge < -0.3 is 10.4 Å². The number of aliphatic hydroxyl groups is 1. The van der Waals surface area contributed by atoms with Crippen LogP contribution in [-0.4, -0.2) is 34.7 Å². The molecule has 0 aliphatic carbocycles. The number of hydrogen-bond donors (Lipinski definition) is 2. The number of carbonyl (C=O) groups excluding carboxylic acids is 1. The van der Waals surface area contributed by atoms with Crippen molar-refractivity contribution < 1.29 is 9.90 Å². The van der Waals surface area contributed by atoms with Crippen LogP contribution < -0.4 is 5.32 Å². The molecule has 1 atom stereocenters. The predicted octanol–water partition coefficient (Wildman–Crippen LogP) is 1.87. The second-order valence-electron chi connectivity index (χ2n) is 4.43. The number of carbonyl (C=O) groups is 1. The van der Waals surface area contributed by atoms with Crippen LogP contribution in [0, 0.1) is 0 Å². The van der Waals surface area contributed by atoms with Gasteiger partial charge >= 0.3 is 0 Å². The van der Waals surface area contributed by atoms with Crippen LogP contribution in [0.2, 0.25) is 5.02 Å². The molecule has 18 heavy (non-hydrogen) atoms. The molecule has 1 aliphatic rings. The summed E-state index contributed by atoms with van der Waals surface area (Å²) in [5.74, 6) is 1.07. The molecule has 0 radical (unpaired) electrons.